The predicted molar refractivity (Wildman–Crippen MR) is 102 cm³/mol. The number of nitrogens with zero attached hydrogens (tertiary/aromatic N) is 4. The van der Waals surface area contributed by atoms with E-state index < -0.39 is 0 Å². The van der Waals surface area contributed by atoms with Crippen LogP contribution in [0.15, 0.2) is 65.9 Å². The summed E-state index contributed by atoms with van der Waals surface area (Å²) in [7, 11) is 0. The molecule has 2 N–H and O–H groups in total. The Morgan fingerprint density at radius 1 is 1.12 bits per heavy atom. The zero-order chi connectivity index (χ0) is 18.1. The topological polar surface area (TPSA) is 69.1 Å². The van der Waals surface area contributed by atoms with Crippen molar-refractivity contribution in [2.45, 2.75) is 6.92 Å². The van der Waals surface area contributed by atoms with Crippen LogP contribution in [0.2, 0.25) is 0 Å². The number of benzene rings is 2. The fraction of sp³-hybridized carbons (Fsp3) is 0.0500. The highest BCUT2D eigenvalue weighted by atomic mass is 19.1. The van der Waals surface area contributed by atoms with Crippen LogP contribution in [-0.4, -0.2) is 20.7 Å². The highest BCUT2D eigenvalue weighted by molar-refractivity contribution is 5.84. The van der Waals surface area contributed by atoms with Gasteiger partial charge in [-0.05, 0) is 55.5 Å². The monoisotopic (exact) mass is 345 g/mol. The number of nitrogen functional groups attached to an aromatic ring is 1. The fourth-order valence-corrected chi connectivity index (χ4v) is 2.92. The third-order valence-corrected chi connectivity index (χ3v) is 4.10. The zero-order valence-corrected chi connectivity index (χ0v) is 14.1. The molecule has 0 bridgehead atoms. The Labute approximate surface area is 149 Å². The maximum absolute atomic E-state index is 13.4. The molecule has 0 saturated carbocycles. The Bertz CT molecular complexity index is 1110. The van der Waals surface area contributed by atoms with Gasteiger partial charge in [0.25, 0.3) is 0 Å². The summed E-state index contributed by atoms with van der Waals surface area (Å²) in [6.45, 7) is 1.84. The number of imidazole rings is 1. The molecule has 4 rings (SSSR count). The number of fused-ring (bicyclic) bond motifs is 1. The van der Waals surface area contributed by atoms with Gasteiger partial charge in [-0.2, -0.15) is 0 Å². The van der Waals surface area contributed by atoms with Gasteiger partial charge < -0.3 is 5.73 Å². The second-order valence-corrected chi connectivity index (χ2v) is 5.77. The molecular weight excluding hydrogens is 329 g/mol. The standard InChI is InChI=1S/C20H16FN5/c1-2-24-17-8-3-13(11-16(17)22)20-25-18-9-10-23-12-19(18)26(20)15-6-4-14(21)5-7-15/h2-12H,22H2,1H3. The molecule has 4 aromatic rings. The molecule has 2 heterocycles. The van der Waals surface area contributed by atoms with E-state index in [0.29, 0.717) is 17.2 Å². The number of pyridine rings is 1. The van der Waals surface area contributed by atoms with Gasteiger partial charge in [-0.3, -0.25) is 14.5 Å². The van der Waals surface area contributed by atoms with Crippen LogP contribution in [0.3, 0.4) is 0 Å². The first-order valence-corrected chi connectivity index (χ1v) is 8.14. The van der Waals surface area contributed by atoms with Crippen LogP contribution >= 0.6 is 0 Å². The number of rotatable bonds is 3. The lowest BCUT2D eigenvalue weighted by Gasteiger charge is -2.10. The van der Waals surface area contributed by atoms with Crippen molar-refractivity contribution in [3.8, 4) is 17.1 Å². The molecule has 0 aliphatic rings. The Balaban J connectivity index is 1.96. The van der Waals surface area contributed by atoms with Gasteiger partial charge in [-0.15, -0.1) is 0 Å². The van der Waals surface area contributed by atoms with Gasteiger partial charge in [-0.25, -0.2) is 9.37 Å². The van der Waals surface area contributed by atoms with E-state index in [0.717, 1.165) is 22.3 Å². The highest BCUT2D eigenvalue weighted by Gasteiger charge is 2.15. The van der Waals surface area contributed by atoms with Crippen molar-refractivity contribution in [2.24, 2.45) is 4.99 Å². The maximum Gasteiger partial charge on any atom is 0.145 e. The van der Waals surface area contributed by atoms with Gasteiger partial charge >= 0.3 is 0 Å². The molecule has 0 atom stereocenters. The van der Waals surface area contributed by atoms with E-state index in [2.05, 4.69) is 9.98 Å². The minimum absolute atomic E-state index is 0.288. The molecule has 0 fully saturated rings. The average molecular weight is 345 g/mol. The largest absolute Gasteiger partial charge is 0.397 e. The summed E-state index contributed by atoms with van der Waals surface area (Å²) in [5.41, 5.74) is 10.7. The van der Waals surface area contributed by atoms with E-state index >= 15 is 0 Å². The summed E-state index contributed by atoms with van der Waals surface area (Å²) in [5.74, 6) is 0.419. The van der Waals surface area contributed by atoms with Crippen LogP contribution in [0.25, 0.3) is 28.1 Å². The van der Waals surface area contributed by atoms with Crippen LogP contribution in [0.1, 0.15) is 6.92 Å². The molecule has 0 spiro atoms. The first-order chi connectivity index (χ1) is 12.7. The molecular formula is C20H16FN5. The van der Waals surface area contributed by atoms with Crippen molar-refractivity contribution < 1.29 is 4.39 Å². The molecule has 0 radical (unpaired) electrons. The zero-order valence-electron chi connectivity index (χ0n) is 14.1. The number of hydrogen-bond donors (Lipinski definition) is 1. The first kappa shape index (κ1) is 16.0. The molecule has 26 heavy (non-hydrogen) atoms. The smallest absolute Gasteiger partial charge is 0.145 e. The Morgan fingerprint density at radius 3 is 2.65 bits per heavy atom. The molecule has 2 aromatic heterocycles. The quantitative estimate of drug-likeness (QED) is 0.438. The normalized spacial score (nSPS) is 11.5. The van der Waals surface area contributed by atoms with Crippen molar-refractivity contribution in [1.29, 1.82) is 0 Å². The van der Waals surface area contributed by atoms with E-state index in [1.54, 1.807) is 30.7 Å². The van der Waals surface area contributed by atoms with Gasteiger partial charge in [0, 0.05) is 23.7 Å². The van der Waals surface area contributed by atoms with Crippen LogP contribution < -0.4 is 5.73 Å². The van der Waals surface area contributed by atoms with Crippen molar-refractivity contribution in [3.63, 3.8) is 0 Å². The molecule has 0 aliphatic heterocycles. The number of hydrogen-bond acceptors (Lipinski definition) is 4. The van der Waals surface area contributed by atoms with E-state index in [9.17, 15) is 4.39 Å². The summed E-state index contributed by atoms with van der Waals surface area (Å²) in [6.07, 6.45) is 5.14. The van der Waals surface area contributed by atoms with Gasteiger partial charge in [-0.1, -0.05) is 0 Å². The second kappa shape index (κ2) is 6.40. The molecule has 5 nitrogen and oxygen atoms in total. The lowest BCUT2D eigenvalue weighted by Crippen LogP contribution is -1.98. The van der Waals surface area contributed by atoms with Gasteiger partial charge in [0.2, 0.25) is 0 Å². The second-order valence-electron chi connectivity index (χ2n) is 5.77. The van der Waals surface area contributed by atoms with Crippen molar-refractivity contribution in [1.82, 2.24) is 14.5 Å². The lowest BCUT2D eigenvalue weighted by atomic mass is 10.1. The molecule has 0 unspecified atom stereocenters. The van der Waals surface area contributed by atoms with E-state index in [1.165, 1.54) is 12.1 Å². The number of anilines is 1. The molecule has 0 saturated heterocycles. The Hall–Kier alpha value is -3.54. The minimum Gasteiger partial charge on any atom is -0.397 e. The van der Waals surface area contributed by atoms with Gasteiger partial charge in [0.05, 0.1) is 28.6 Å². The predicted octanol–water partition coefficient (Wildman–Crippen LogP) is 4.53. The third kappa shape index (κ3) is 2.71. The highest BCUT2D eigenvalue weighted by Crippen LogP contribution is 2.32. The average Bonchev–Trinajstić information content (AvgIpc) is 3.04. The molecule has 6 heteroatoms. The first-order valence-electron chi connectivity index (χ1n) is 8.14. The molecule has 0 amide bonds. The van der Waals surface area contributed by atoms with Crippen LogP contribution in [0.4, 0.5) is 15.8 Å². The van der Waals surface area contributed by atoms with Crippen molar-refractivity contribution in [2.75, 3.05) is 5.73 Å². The Kier molecular flexibility index (Phi) is 3.93. The molecule has 2 aromatic carbocycles. The van der Waals surface area contributed by atoms with Crippen LogP contribution in [-0.2, 0) is 0 Å². The van der Waals surface area contributed by atoms with Crippen LogP contribution in [0.5, 0.6) is 0 Å². The maximum atomic E-state index is 13.4. The lowest BCUT2D eigenvalue weighted by molar-refractivity contribution is 0.627. The van der Waals surface area contributed by atoms with E-state index in [4.69, 9.17) is 10.7 Å². The molecule has 128 valence electrons. The summed E-state index contributed by atoms with van der Waals surface area (Å²) >= 11 is 0. The molecule has 0 aliphatic carbocycles. The number of aromatic nitrogens is 3. The SMILES string of the molecule is CC=Nc1ccc(-c2nc3ccncc3n2-c2ccc(F)cc2)cc1N. The fourth-order valence-electron chi connectivity index (χ4n) is 2.92. The van der Waals surface area contributed by atoms with E-state index in [-0.39, 0.29) is 5.82 Å². The van der Waals surface area contributed by atoms with E-state index in [1.807, 2.05) is 35.8 Å². The summed E-state index contributed by atoms with van der Waals surface area (Å²) in [6, 6.07) is 13.8. The third-order valence-electron chi connectivity index (χ3n) is 4.10. The Morgan fingerprint density at radius 2 is 1.92 bits per heavy atom. The summed E-state index contributed by atoms with van der Waals surface area (Å²) in [5, 5.41) is 0. The number of halogens is 1. The summed E-state index contributed by atoms with van der Waals surface area (Å²) in [4.78, 5) is 13.2. The van der Waals surface area contributed by atoms with Gasteiger partial charge in [0.1, 0.15) is 11.6 Å². The van der Waals surface area contributed by atoms with Crippen molar-refractivity contribution in [3.05, 3.63) is 66.7 Å². The van der Waals surface area contributed by atoms with Crippen LogP contribution in [0, 0.1) is 5.82 Å². The van der Waals surface area contributed by atoms with Crippen molar-refractivity contribution >= 4 is 28.6 Å². The number of nitrogens with two attached hydrogens (primary N) is 1. The van der Waals surface area contributed by atoms with Gasteiger partial charge in [0.15, 0.2) is 0 Å². The number of aliphatic imine (C=N–C) groups is 1. The summed E-state index contributed by atoms with van der Waals surface area (Å²) < 4.78 is 15.3. The minimum atomic E-state index is -0.288.